The van der Waals surface area contributed by atoms with Crippen molar-refractivity contribution in [3.8, 4) is 11.8 Å². The maximum absolute atomic E-state index is 13.8. The van der Waals surface area contributed by atoms with Gasteiger partial charge in [-0.25, -0.2) is 4.39 Å². The number of rotatable bonds is 3. The highest BCUT2D eigenvalue weighted by atomic mass is 19.1. The third-order valence-corrected chi connectivity index (χ3v) is 2.85. The van der Waals surface area contributed by atoms with Crippen LogP contribution >= 0.6 is 0 Å². The van der Waals surface area contributed by atoms with Crippen molar-refractivity contribution in [3.63, 3.8) is 0 Å². The van der Waals surface area contributed by atoms with Gasteiger partial charge in [-0.15, -0.1) is 0 Å². The molecular weight excluding hydrogens is 273 g/mol. The van der Waals surface area contributed by atoms with Crippen LogP contribution in [0.1, 0.15) is 15.9 Å². The highest BCUT2D eigenvalue weighted by molar-refractivity contribution is 6.06. The van der Waals surface area contributed by atoms with Crippen LogP contribution < -0.4 is 15.8 Å². The normalized spacial score (nSPS) is 9.76. The van der Waals surface area contributed by atoms with Gasteiger partial charge in [0.15, 0.2) is 0 Å². The third-order valence-electron chi connectivity index (χ3n) is 2.85. The Morgan fingerprint density at radius 1 is 1.33 bits per heavy atom. The Morgan fingerprint density at radius 3 is 2.67 bits per heavy atom. The quantitative estimate of drug-likeness (QED) is 0.848. The summed E-state index contributed by atoms with van der Waals surface area (Å²) in [4.78, 5) is 12.0. The molecular formula is C15H12FN3O2. The fourth-order valence-corrected chi connectivity index (χ4v) is 1.74. The van der Waals surface area contributed by atoms with Crippen LogP contribution in [0.2, 0.25) is 0 Å². The van der Waals surface area contributed by atoms with Gasteiger partial charge in [-0.2, -0.15) is 5.26 Å². The van der Waals surface area contributed by atoms with E-state index in [4.69, 9.17) is 15.7 Å². The van der Waals surface area contributed by atoms with Gasteiger partial charge in [0.25, 0.3) is 5.91 Å². The number of nitrogens with zero attached hydrogens (tertiary/aromatic N) is 1. The first-order chi connectivity index (χ1) is 10.0. The maximum atomic E-state index is 13.8. The van der Waals surface area contributed by atoms with Gasteiger partial charge in [-0.05, 0) is 30.3 Å². The van der Waals surface area contributed by atoms with Gasteiger partial charge in [-0.3, -0.25) is 4.79 Å². The van der Waals surface area contributed by atoms with Crippen LogP contribution in [0.4, 0.5) is 15.8 Å². The molecule has 0 aliphatic rings. The number of methoxy groups -OCH3 is 1. The second kappa shape index (κ2) is 5.92. The summed E-state index contributed by atoms with van der Waals surface area (Å²) in [5.41, 5.74) is 6.52. The van der Waals surface area contributed by atoms with Gasteiger partial charge in [0, 0.05) is 6.07 Å². The number of nitrogens with one attached hydrogen (secondary N) is 1. The molecule has 0 heterocycles. The number of nitriles is 1. The monoisotopic (exact) mass is 285 g/mol. The fourth-order valence-electron chi connectivity index (χ4n) is 1.74. The molecule has 5 nitrogen and oxygen atoms in total. The van der Waals surface area contributed by atoms with Crippen LogP contribution in [0.15, 0.2) is 36.4 Å². The predicted molar refractivity (Wildman–Crippen MR) is 76.5 cm³/mol. The van der Waals surface area contributed by atoms with E-state index >= 15 is 0 Å². The van der Waals surface area contributed by atoms with Gasteiger partial charge in [0.1, 0.15) is 11.6 Å². The second-order valence-electron chi connectivity index (χ2n) is 4.21. The number of ether oxygens (including phenoxy) is 1. The van der Waals surface area contributed by atoms with Crippen molar-refractivity contribution in [2.24, 2.45) is 0 Å². The Bertz CT molecular complexity index is 738. The van der Waals surface area contributed by atoms with Crippen LogP contribution in [0.25, 0.3) is 0 Å². The number of nitrogen functional groups attached to an aromatic ring is 1. The van der Waals surface area contributed by atoms with Crippen LogP contribution in [-0.4, -0.2) is 13.0 Å². The smallest absolute Gasteiger partial charge is 0.258 e. The van der Waals surface area contributed by atoms with E-state index in [0.717, 1.165) is 6.07 Å². The maximum Gasteiger partial charge on any atom is 0.258 e. The number of hydrogen-bond acceptors (Lipinski definition) is 4. The Labute approximate surface area is 120 Å². The van der Waals surface area contributed by atoms with Gasteiger partial charge in [0.2, 0.25) is 0 Å². The van der Waals surface area contributed by atoms with E-state index in [-0.39, 0.29) is 11.3 Å². The molecule has 106 valence electrons. The van der Waals surface area contributed by atoms with Crippen molar-refractivity contribution >= 4 is 17.3 Å². The Balaban J connectivity index is 2.24. The summed E-state index contributed by atoms with van der Waals surface area (Å²) in [6.45, 7) is 0. The van der Waals surface area contributed by atoms with E-state index < -0.39 is 11.7 Å². The fraction of sp³-hybridized carbons (Fsp3) is 0.0667. The van der Waals surface area contributed by atoms with Crippen LogP contribution in [0, 0.1) is 17.1 Å². The van der Waals surface area contributed by atoms with E-state index in [1.165, 1.54) is 37.4 Å². The van der Waals surface area contributed by atoms with E-state index in [1.807, 2.05) is 6.07 Å². The Morgan fingerprint density at radius 2 is 2.10 bits per heavy atom. The number of amides is 1. The van der Waals surface area contributed by atoms with Crippen LogP contribution in [0.5, 0.6) is 5.75 Å². The molecule has 1 amide bonds. The first-order valence-corrected chi connectivity index (χ1v) is 5.99. The molecule has 21 heavy (non-hydrogen) atoms. The molecule has 0 spiro atoms. The summed E-state index contributed by atoms with van der Waals surface area (Å²) in [6.07, 6.45) is 0. The zero-order valence-corrected chi connectivity index (χ0v) is 11.2. The van der Waals surface area contributed by atoms with Crippen molar-refractivity contribution in [2.45, 2.75) is 0 Å². The molecule has 0 fully saturated rings. The summed E-state index contributed by atoms with van der Waals surface area (Å²) >= 11 is 0. The van der Waals surface area contributed by atoms with Crippen LogP contribution in [-0.2, 0) is 0 Å². The Hall–Kier alpha value is -3.07. The molecule has 0 unspecified atom stereocenters. The number of carbonyl (C=O) groups excluding carboxylic acids is 1. The molecule has 2 aromatic rings. The van der Waals surface area contributed by atoms with Crippen molar-refractivity contribution in [3.05, 3.63) is 53.3 Å². The summed E-state index contributed by atoms with van der Waals surface area (Å²) in [5.74, 6) is -1.01. The molecule has 0 aromatic heterocycles. The topological polar surface area (TPSA) is 88.1 Å². The minimum absolute atomic E-state index is 0.125. The highest BCUT2D eigenvalue weighted by Gasteiger charge is 2.14. The number of hydrogen-bond donors (Lipinski definition) is 2. The summed E-state index contributed by atoms with van der Waals surface area (Å²) in [5, 5.41) is 11.2. The molecule has 0 radical (unpaired) electrons. The number of benzene rings is 2. The average Bonchev–Trinajstić information content (AvgIpc) is 2.48. The van der Waals surface area contributed by atoms with Gasteiger partial charge >= 0.3 is 0 Å². The molecule has 0 bridgehead atoms. The average molecular weight is 285 g/mol. The van der Waals surface area contributed by atoms with Gasteiger partial charge in [0.05, 0.1) is 35.7 Å². The summed E-state index contributed by atoms with van der Waals surface area (Å²) < 4.78 is 18.7. The molecule has 0 atom stereocenters. The number of nitrogens with two attached hydrogens (primary N) is 1. The lowest BCUT2D eigenvalue weighted by molar-refractivity contribution is 0.102. The zero-order valence-electron chi connectivity index (χ0n) is 11.2. The van der Waals surface area contributed by atoms with E-state index in [0.29, 0.717) is 17.0 Å². The van der Waals surface area contributed by atoms with Crippen molar-refractivity contribution in [1.29, 1.82) is 5.26 Å². The molecule has 2 rings (SSSR count). The molecule has 6 heteroatoms. The first-order valence-electron chi connectivity index (χ1n) is 5.99. The zero-order chi connectivity index (χ0) is 15.4. The summed E-state index contributed by atoms with van der Waals surface area (Å²) in [6, 6.07) is 10.3. The summed E-state index contributed by atoms with van der Waals surface area (Å²) in [7, 11) is 1.41. The lowest BCUT2D eigenvalue weighted by Crippen LogP contribution is -2.15. The van der Waals surface area contributed by atoms with Crippen molar-refractivity contribution in [2.75, 3.05) is 18.2 Å². The van der Waals surface area contributed by atoms with Crippen LogP contribution in [0.3, 0.4) is 0 Å². The van der Waals surface area contributed by atoms with E-state index in [1.54, 1.807) is 0 Å². The number of anilines is 2. The van der Waals surface area contributed by atoms with E-state index in [9.17, 15) is 9.18 Å². The molecule has 0 saturated heterocycles. The lowest BCUT2D eigenvalue weighted by atomic mass is 10.1. The Kier molecular flexibility index (Phi) is 4.05. The second-order valence-corrected chi connectivity index (χ2v) is 4.21. The lowest BCUT2D eigenvalue weighted by Gasteiger charge is -2.09. The van der Waals surface area contributed by atoms with Crippen molar-refractivity contribution < 1.29 is 13.9 Å². The standard InChI is InChI=1S/C15H12FN3O2/c1-21-10-3-4-11(12(16)7-10)15(20)19-14-5-2-9(8-17)6-13(14)18/h2-7H,18H2,1H3,(H,19,20). The third kappa shape index (κ3) is 3.09. The van der Waals surface area contributed by atoms with E-state index in [2.05, 4.69) is 5.32 Å². The number of carbonyl (C=O) groups is 1. The SMILES string of the molecule is COc1ccc(C(=O)Nc2ccc(C#N)cc2N)c(F)c1. The molecule has 0 aliphatic heterocycles. The van der Waals surface area contributed by atoms with Gasteiger partial charge < -0.3 is 15.8 Å². The molecule has 0 saturated carbocycles. The predicted octanol–water partition coefficient (Wildman–Crippen LogP) is 2.54. The molecule has 3 N–H and O–H groups in total. The minimum Gasteiger partial charge on any atom is -0.497 e. The molecule has 2 aromatic carbocycles. The first kappa shape index (κ1) is 14.3. The van der Waals surface area contributed by atoms with Crippen molar-refractivity contribution in [1.82, 2.24) is 0 Å². The minimum atomic E-state index is -0.695. The number of halogens is 1. The highest BCUT2D eigenvalue weighted by Crippen LogP contribution is 2.22. The largest absolute Gasteiger partial charge is 0.497 e. The van der Waals surface area contributed by atoms with Gasteiger partial charge in [-0.1, -0.05) is 0 Å². The molecule has 0 aliphatic carbocycles.